The van der Waals surface area contributed by atoms with Gasteiger partial charge in [-0.1, -0.05) is 29.8 Å². The Bertz CT molecular complexity index is 344. The van der Waals surface area contributed by atoms with Gasteiger partial charge in [-0.05, 0) is 32.9 Å². The second kappa shape index (κ2) is 4.56. The van der Waals surface area contributed by atoms with Crippen molar-refractivity contribution in [1.29, 1.82) is 0 Å². The van der Waals surface area contributed by atoms with E-state index in [1.165, 1.54) is 24.1 Å². The van der Waals surface area contributed by atoms with Gasteiger partial charge in [0, 0.05) is 25.2 Å². The lowest BCUT2D eigenvalue weighted by Crippen LogP contribution is -2.42. The van der Waals surface area contributed by atoms with Gasteiger partial charge < -0.3 is 5.32 Å². The number of benzene rings is 1. The molecule has 88 valence electrons. The van der Waals surface area contributed by atoms with E-state index in [0.29, 0.717) is 5.54 Å². The molecule has 1 aliphatic heterocycles. The Labute approximate surface area is 98.7 Å². The minimum absolute atomic E-state index is 0.310. The van der Waals surface area contributed by atoms with Crippen molar-refractivity contribution in [1.82, 2.24) is 10.2 Å². The Balaban J connectivity index is 1.94. The lowest BCUT2D eigenvalue weighted by atomic mass is 10.0. The maximum absolute atomic E-state index is 3.42. The fourth-order valence-corrected chi connectivity index (χ4v) is 2.35. The third kappa shape index (κ3) is 2.63. The first kappa shape index (κ1) is 11.6. The van der Waals surface area contributed by atoms with Crippen LogP contribution in [0.3, 0.4) is 0 Å². The predicted octanol–water partition coefficient (Wildman–Crippen LogP) is 2.18. The van der Waals surface area contributed by atoms with E-state index in [4.69, 9.17) is 0 Å². The highest BCUT2D eigenvalue weighted by Gasteiger charge is 2.31. The van der Waals surface area contributed by atoms with Crippen LogP contribution >= 0.6 is 0 Å². The number of aryl methyl sites for hydroxylation is 1. The van der Waals surface area contributed by atoms with Gasteiger partial charge in [0.05, 0.1) is 0 Å². The third-order valence-corrected chi connectivity index (χ3v) is 3.68. The molecule has 0 bridgehead atoms. The summed E-state index contributed by atoms with van der Waals surface area (Å²) in [7, 11) is 2.06. The number of nitrogens with one attached hydrogen (secondary N) is 1. The Morgan fingerprint density at radius 1 is 1.31 bits per heavy atom. The van der Waals surface area contributed by atoms with Crippen molar-refractivity contribution >= 4 is 0 Å². The Morgan fingerprint density at radius 2 is 2.00 bits per heavy atom. The van der Waals surface area contributed by atoms with E-state index in [2.05, 4.69) is 55.4 Å². The van der Waals surface area contributed by atoms with Crippen LogP contribution in [0.15, 0.2) is 24.3 Å². The SMILES string of the molecule is CNC1(C)CCN(Cc2ccc(C)cc2)C1. The zero-order valence-electron chi connectivity index (χ0n) is 10.6. The van der Waals surface area contributed by atoms with Crippen LogP contribution in [0.5, 0.6) is 0 Å². The first-order valence-electron chi connectivity index (χ1n) is 6.08. The molecule has 2 heteroatoms. The Kier molecular flexibility index (Phi) is 3.31. The molecule has 1 aromatic rings. The van der Waals surface area contributed by atoms with Gasteiger partial charge in [0.2, 0.25) is 0 Å². The molecule has 2 rings (SSSR count). The maximum Gasteiger partial charge on any atom is 0.0289 e. The zero-order chi connectivity index (χ0) is 11.6. The fraction of sp³-hybridized carbons (Fsp3) is 0.571. The van der Waals surface area contributed by atoms with Gasteiger partial charge in [0.15, 0.2) is 0 Å². The van der Waals surface area contributed by atoms with Crippen LogP contribution < -0.4 is 5.32 Å². The molecule has 0 saturated carbocycles. The van der Waals surface area contributed by atoms with Crippen LogP contribution in [0.4, 0.5) is 0 Å². The molecule has 1 saturated heterocycles. The van der Waals surface area contributed by atoms with Gasteiger partial charge in [0.25, 0.3) is 0 Å². The summed E-state index contributed by atoms with van der Waals surface area (Å²) in [6.45, 7) is 7.87. The quantitative estimate of drug-likeness (QED) is 0.836. The summed E-state index contributed by atoms with van der Waals surface area (Å²) in [5.74, 6) is 0. The number of nitrogens with zero attached hydrogens (tertiary/aromatic N) is 1. The molecular formula is C14H22N2. The highest BCUT2D eigenvalue weighted by atomic mass is 15.2. The Morgan fingerprint density at radius 3 is 2.56 bits per heavy atom. The maximum atomic E-state index is 3.42. The molecular weight excluding hydrogens is 196 g/mol. The number of likely N-dealkylation sites (N-methyl/N-ethyl adjacent to an activating group) is 1. The molecule has 1 aromatic carbocycles. The molecule has 1 N–H and O–H groups in total. The average Bonchev–Trinajstić information content (AvgIpc) is 2.65. The van der Waals surface area contributed by atoms with E-state index in [1.54, 1.807) is 0 Å². The molecule has 16 heavy (non-hydrogen) atoms. The topological polar surface area (TPSA) is 15.3 Å². The molecule has 0 amide bonds. The van der Waals surface area contributed by atoms with Crippen molar-refractivity contribution in [2.24, 2.45) is 0 Å². The summed E-state index contributed by atoms with van der Waals surface area (Å²) in [4.78, 5) is 2.53. The van der Waals surface area contributed by atoms with Gasteiger partial charge in [-0.25, -0.2) is 0 Å². The molecule has 1 unspecified atom stereocenters. The zero-order valence-corrected chi connectivity index (χ0v) is 10.6. The number of hydrogen-bond donors (Lipinski definition) is 1. The highest BCUT2D eigenvalue weighted by molar-refractivity contribution is 5.21. The summed E-state index contributed by atoms with van der Waals surface area (Å²) < 4.78 is 0. The van der Waals surface area contributed by atoms with E-state index in [1.807, 2.05) is 0 Å². The molecule has 1 aliphatic rings. The number of likely N-dealkylation sites (tertiary alicyclic amines) is 1. The fourth-order valence-electron chi connectivity index (χ4n) is 2.35. The first-order valence-corrected chi connectivity index (χ1v) is 6.08. The number of hydrogen-bond acceptors (Lipinski definition) is 2. The molecule has 1 heterocycles. The van der Waals surface area contributed by atoms with Crippen LogP contribution in [0.1, 0.15) is 24.5 Å². The van der Waals surface area contributed by atoms with Crippen molar-refractivity contribution in [2.75, 3.05) is 20.1 Å². The van der Waals surface area contributed by atoms with Crippen LogP contribution in [0.2, 0.25) is 0 Å². The summed E-state index contributed by atoms with van der Waals surface area (Å²) >= 11 is 0. The van der Waals surface area contributed by atoms with Crippen molar-refractivity contribution in [2.45, 2.75) is 32.4 Å². The average molecular weight is 218 g/mol. The van der Waals surface area contributed by atoms with Crippen LogP contribution in [0.25, 0.3) is 0 Å². The van der Waals surface area contributed by atoms with E-state index >= 15 is 0 Å². The van der Waals surface area contributed by atoms with Gasteiger partial charge >= 0.3 is 0 Å². The Hall–Kier alpha value is -0.860. The van der Waals surface area contributed by atoms with Gasteiger partial charge in [-0.3, -0.25) is 4.90 Å². The van der Waals surface area contributed by atoms with Crippen LogP contribution in [-0.4, -0.2) is 30.6 Å². The summed E-state index contributed by atoms with van der Waals surface area (Å²) in [5, 5.41) is 3.42. The van der Waals surface area contributed by atoms with Gasteiger partial charge in [-0.15, -0.1) is 0 Å². The lowest BCUT2D eigenvalue weighted by molar-refractivity contribution is 0.294. The molecule has 2 nitrogen and oxygen atoms in total. The molecule has 0 radical (unpaired) electrons. The van der Waals surface area contributed by atoms with E-state index in [-0.39, 0.29) is 0 Å². The predicted molar refractivity (Wildman–Crippen MR) is 68.5 cm³/mol. The molecule has 0 aromatic heterocycles. The molecule has 0 aliphatic carbocycles. The highest BCUT2D eigenvalue weighted by Crippen LogP contribution is 2.21. The van der Waals surface area contributed by atoms with Crippen molar-refractivity contribution < 1.29 is 0 Å². The van der Waals surface area contributed by atoms with E-state index in [0.717, 1.165) is 13.1 Å². The second-order valence-corrected chi connectivity index (χ2v) is 5.26. The lowest BCUT2D eigenvalue weighted by Gasteiger charge is -2.24. The van der Waals surface area contributed by atoms with Gasteiger partial charge in [-0.2, -0.15) is 0 Å². The summed E-state index contributed by atoms with van der Waals surface area (Å²) in [6.07, 6.45) is 1.25. The van der Waals surface area contributed by atoms with Crippen molar-refractivity contribution in [3.63, 3.8) is 0 Å². The van der Waals surface area contributed by atoms with Crippen LogP contribution in [-0.2, 0) is 6.54 Å². The second-order valence-electron chi connectivity index (χ2n) is 5.26. The van der Waals surface area contributed by atoms with E-state index in [9.17, 15) is 0 Å². The van der Waals surface area contributed by atoms with Gasteiger partial charge in [0.1, 0.15) is 0 Å². The molecule has 1 fully saturated rings. The molecule has 0 spiro atoms. The minimum Gasteiger partial charge on any atom is -0.313 e. The summed E-state index contributed by atoms with van der Waals surface area (Å²) in [5.41, 5.74) is 3.07. The minimum atomic E-state index is 0.310. The largest absolute Gasteiger partial charge is 0.313 e. The summed E-state index contributed by atoms with van der Waals surface area (Å²) in [6, 6.07) is 8.88. The van der Waals surface area contributed by atoms with E-state index < -0.39 is 0 Å². The first-order chi connectivity index (χ1) is 7.61. The monoisotopic (exact) mass is 218 g/mol. The molecule has 1 atom stereocenters. The van der Waals surface area contributed by atoms with Crippen molar-refractivity contribution in [3.05, 3.63) is 35.4 Å². The number of rotatable bonds is 3. The standard InChI is InChI=1S/C14H22N2/c1-12-4-6-13(7-5-12)10-16-9-8-14(2,11-16)15-3/h4-7,15H,8-11H2,1-3H3. The smallest absolute Gasteiger partial charge is 0.0289 e. The van der Waals surface area contributed by atoms with Crippen molar-refractivity contribution in [3.8, 4) is 0 Å². The normalized spacial score (nSPS) is 26.2. The third-order valence-electron chi connectivity index (χ3n) is 3.68. The van der Waals surface area contributed by atoms with Crippen LogP contribution in [0, 0.1) is 6.92 Å².